The van der Waals surface area contributed by atoms with E-state index in [0.29, 0.717) is 43.2 Å². The summed E-state index contributed by atoms with van der Waals surface area (Å²) < 4.78 is 12.6. The van der Waals surface area contributed by atoms with Crippen LogP contribution in [0.15, 0.2) is 103 Å². The molecule has 1 saturated carbocycles. The lowest BCUT2D eigenvalue weighted by molar-refractivity contribution is -0.126. The Morgan fingerprint density at radius 3 is 2.38 bits per heavy atom. The van der Waals surface area contributed by atoms with Crippen molar-refractivity contribution in [3.63, 3.8) is 0 Å². The molecule has 9 nitrogen and oxygen atoms in total. The van der Waals surface area contributed by atoms with E-state index in [-0.39, 0.29) is 29.9 Å². The van der Waals surface area contributed by atoms with Gasteiger partial charge in [-0.2, -0.15) is 0 Å². The van der Waals surface area contributed by atoms with Crippen molar-refractivity contribution in [2.45, 2.75) is 75.2 Å². The molecule has 9 heteroatoms. The third-order valence-electron chi connectivity index (χ3n) is 12.5. The number of allylic oxidation sites excluding steroid dienone is 1. The number of hydrogen-bond acceptors (Lipinski definition) is 7. The minimum Gasteiger partial charge on any atom is -0.508 e. The van der Waals surface area contributed by atoms with Gasteiger partial charge < -0.3 is 29.7 Å². The molecule has 55 heavy (non-hydrogen) atoms. The highest BCUT2D eigenvalue weighted by molar-refractivity contribution is 6.01. The third kappa shape index (κ3) is 7.35. The lowest BCUT2D eigenvalue weighted by Crippen LogP contribution is -2.49. The summed E-state index contributed by atoms with van der Waals surface area (Å²) in [5.41, 5.74) is 8.75. The van der Waals surface area contributed by atoms with E-state index < -0.39 is 6.04 Å². The summed E-state index contributed by atoms with van der Waals surface area (Å²) in [7, 11) is 0. The van der Waals surface area contributed by atoms with Crippen molar-refractivity contribution >= 4 is 17.5 Å². The van der Waals surface area contributed by atoms with Crippen LogP contribution in [0.3, 0.4) is 0 Å². The first-order valence-electron chi connectivity index (χ1n) is 20.0. The molecule has 0 aromatic heterocycles. The van der Waals surface area contributed by atoms with Crippen LogP contribution in [0, 0.1) is 0 Å². The zero-order chi connectivity index (χ0) is 37.5. The molecule has 3 heterocycles. The number of piperidine rings is 1. The largest absolute Gasteiger partial charge is 0.508 e. The number of carbonyl (C=O) groups is 2. The summed E-state index contributed by atoms with van der Waals surface area (Å²) in [6, 6.07) is 31.0. The number of aryl methyl sites for hydroxylation is 1. The molecule has 5 aliphatic rings. The molecule has 284 valence electrons. The Labute approximate surface area is 323 Å². The van der Waals surface area contributed by atoms with Crippen molar-refractivity contribution in [3.05, 3.63) is 137 Å². The van der Waals surface area contributed by atoms with Crippen LogP contribution in [-0.4, -0.2) is 84.3 Å². The number of nitrogens with zero attached hydrogens (tertiary/aromatic N) is 3. The Morgan fingerprint density at radius 2 is 1.60 bits per heavy atom. The van der Waals surface area contributed by atoms with Gasteiger partial charge in [0.1, 0.15) is 23.6 Å². The summed E-state index contributed by atoms with van der Waals surface area (Å²) in [6.07, 6.45) is 5.55. The van der Waals surface area contributed by atoms with Crippen LogP contribution in [-0.2, 0) is 22.5 Å². The normalized spacial score (nSPS) is 25.2. The molecule has 3 fully saturated rings. The van der Waals surface area contributed by atoms with Gasteiger partial charge in [-0.15, -0.1) is 0 Å². The second-order valence-corrected chi connectivity index (χ2v) is 15.9. The van der Waals surface area contributed by atoms with Gasteiger partial charge in [-0.1, -0.05) is 55.1 Å². The van der Waals surface area contributed by atoms with Crippen LogP contribution in [0.25, 0.3) is 0 Å². The fourth-order valence-corrected chi connectivity index (χ4v) is 9.39. The van der Waals surface area contributed by atoms with Gasteiger partial charge in [-0.05, 0) is 102 Å². The van der Waals surface area contributed by atoms with Crippen LogP contribution in [0.5, 0.6) is 11.5 Å². The van der Waals surface area contributed by atoms with Gasteiger partial charge in [-0.25, -0.2) is 0 Å². The highest BCUT2D eigenvalue weighted by atomic mass is 16.5. The van der Waals surface area contributed by atoms with Crippen molar-refractivity contribution < 1.29 is 24.2 Å². The van der Waals surface area contributed by atoms with Crippen LogP contribution in [0.4, 0.5) is 5.69 Å². The fraction of sp³-hybridized carbons (Fsp3) is 0.391. The standard InChI is InChI=1S/C46H50N4O5/c1-30-7-18-43(45(52)47-30)50-29-34-25-35(11-16-42(34)46(50)53)49-21-19-48(20-22-49)23-24-54-38-27-39(28-38)55-37-13-8-32(9-14-37)44-40(31-5-3-2-4-6-31)15-10-33-26-36(51)12-17-41(33)44/h2-6,8-9,11-14,16-17,25-26,38-40,43-44,51H,1,7,10,15,18-24,27-29H2,(H,47,52)/t38?,39?,40-,43?,44+/m1/s1. The summed E-state index contributed by atoms with van der Waals surface area (Å²) in [6.45, 7) is 9.74. The SMILES string of the molecule is C=C1CCC(N2Cc3cc(N4CCN(CCOC5CC(Oc6ccc([C@@H]7c8ccc(O)cc8CC[C@@H]7c7ccccc7)cc6)C5)CC4)ccc3C2=O)C(=O)N1. The molecule has 0 spiro atoms. The third-order valence-corrected chi connectivity index (χ3v) is 12.5. The van der Waals surface area contributed by atoms with Gasteiger partial charge in [0.05, 0.1) is 12.7 Å². The molecule has 2 N–H and O–H groups in total. The highest BCUT2D eigenvalue weighted by Gasteiger charge is 2.39. The average molecular weight is 739 g/mol. The summed E-state index contributed by atoms with van der Waals surface area (Å²) in [4.78, 5) is 32.3. The molecule has 3 atom stereocenters. The van der Waals surface area contributed by atoms with E-state index in [9.17, 15) is 14.7 Å². The number of rotatable bonds is 10. The van der Waals surface area contributed by atoms with E-state index in [1.165, 1.54) is 22.3 Å². The molecule has 4 aromatic rings. The van der Waals surface area contributed by atoms with E-state index in [2.05, 4.69) is 94.5 Å². The maximum atomic E-state index is 13.2. The van der Waals surface area contributed by atoms with E-state index in [1.807, 2.05) is 18.2 Å². The zero-order valence-electron chi connectivity index (χ0n) is 31.4. The Balaban J connectivity index is 0.718. The second kappa shape index (κ2) is 15.2. The van der Waals surface area contributed by atoms with Crippen LogP contribution >= 0.6 is 0 Å². The van der Waals surface area contributed by atoms with Crippen LogP contribution in [0.2, 0.25) is 0 Å². The highest BCUT2D eigenvalue weighted by Crippen LogP contribution is 2.47. The van der Waals surface area contributed by atoms with E-state index in [4.69, 9.17) is 9.47 Å². The minimum atomic E-state index is -0.436. The van der Waals surface area contributed by atoms with Crippen LogP contribution < -0.4 is 15.0 Å². The lowest BCUT2D eigenvalue weighted by atomic mass is 9.69. The maximum Gasteiger partial charge on any atom is 0.255 e. The molecule has 3 aliphatic heterocycles. The topological polar surface area (TPSA) is 94.6 Å². The molecule has 2 aliphatic carbocycles. The number of phenolic OH excluding ortho intramolecular Hbond substituents is 1. The predicted octanol–water partition coefficient (Wildman–Crippen LogP) is 6.75. The molecular formula is C46H50N4O5. The molecule has 2 saturated heterocycles. The van der Waals surface area contributed by atoms with Gasteiger partial charge in [0, 0.05) is 75.0 Å². The summed E-state index contributed by atoms with van der Waals surface area (Å²) in [5.74, 6) is 1.65. The number of hydrogen-bond donors (Lipinski definition) is 2. The Morgan fingerprint density at radius 1 is 0.800 bits per heavy atom. The Hall–Kier alpha value is -5.12. The van der Waals surface area contributed by atoms with Gasteiger partial charge >= 0.3 is 0 Å². The quantitative estimate of drug-likeness (QED) is 0.186. The van der Waals surface area contributed by atoms with Crippen molar-refractivity contribution in [1.29, 1.82) is 0 Å². The van der Waals surface area contributed by atoms with Gasteiger partial charge in [0.25, 0.3) is 5.91 Å². The maximum absolute atomic E-state index is 13.2. The average Bonchev–Trinajstić information content (AvgIpc) is 3.52. The monoisotopic (exact) mass is 738 g/mol. The molecule has 9 rings (SSSR count). The number of nitrogens with one attached hydrogen (secondary N) is 1. The Bertz CT molecular complexity index is 2050. The first-order valence-corrected chi connectivity index (χ1v) is 20.0. The predicted molar refractivity (Wildman–Crippen MR) is 213 cm³/mol. The van der Waals surface area contributed by atoms with E-state index in [0.717, 1.165) is 81.1 Å². The van der Waals surface area contributed by atoms with Crippen LogP contribution in [0.1, 0.15) is 82.1 Å². The zero-order valence-corrected chi connectivity index (χ0v) is 31.4. The second-order valence-electron chi connectivity index (χ2n) is 15.9. The number of piperazine rings is 1. The lowest BCUT2D eigenvalue weighted by Gasteiger charge is -2.38. The number of benzene rings is 4. The first-order chi connectivity index (χ1) is 26.9. The molecule has 4 aromatic carbocycles. The molecule has 1 unspecified atom stereocenters. The van der Waals surface area contributed by atoms with Crippen molar-refractivity contribution in [3.8, 4) is 11.5 Å². The van der Waals surface area contributed by atoms with Gasteiger partial charge in [-0.3, -0.25) is 14.5 Å². The number of carbonyl (C=O) groups excluding carboxylic acids is 2. The molecule has 0 bridgehead atoms. The van der Waals surface area contributed by atoms with E-state index >= 15 is 0 Å². The smallest absolute Gasteiger partial charge is 0.255 e. The van der Waals surface area contributed by atoms with Crippen molar-refractivity contribution in [2.75, 3.05) is 44.2 Å². The number of ether oxygens (including phenoxy) is 2. The van der Waals surface area contributed by atoms with Gasteiger partial charge in [0.2, 0.25) is 5.91 Å². The Kier molecular flexibility index (Phi) is 9.83. The first kappa shape index (κ1) is 35.6. The number of amides is 2. The summed E-state index contributed by atoms with van der Waals surface area (Å²) >= 11 is 0. The number of aromatic hydroxyl groups is 1. The molecule has 0 radical (unpaired) electrons. The van der Waals surface area contributed by atoms with Crippen molar-refractivity contribution in [1.82, 2.24) is 15.1 Å². The summed E-state index contributed by atoms with van der Waals surface area (Å²) in [5, 5.41) is 13.0. The number of anilines is 1. The van der Waals surface area contributed by atoms with Gasteiger partial charge in [0.15, 0.2) is 0 Å². The number of fused-ring (bicyclic) bond motifs is 2. The van der Waals surface area contributed by atoms with E-state index in [1.54, 1.807) is 4.90 Å². The van der Waals surface area contributed by atoms with Crippen molar-refractivity contribution in [2.24, 2.45) is 0 Å². The fourth-order valence-electron chi connectivity index (χ4n) is 9.39. The minimum absolute atomic E-state index is 0.0558. The number of phenols is 1. The molecular weight excluding hydrogens is 689 g/mol. The molecule has 2 amide bonds.